The Morgan fingerprint density at radius 1 is 0.947 bits per heavy atom. The second kappa shape index (κ2) is 4.76. The van der Waals surface area contributed by atoms with E-state index in [1.54, 1.807) is 0 Å². The molecular formula is C14H9F3O2. The van der Waals surface area contributed by atoms with Crippen LogP contribution in [0.3, 0.4) is 0 Å². The average Bonchev–Trinajstić information content (AvgIpc) is 2.38. The molecular weight excluding hydrogens is 257 g/mol. The number of phenolic OH excluding ortho intramolecular Hbond substituents is 1. The minimum atomic E-state index is -4.37. The quantitative estimate of drug-likeness (QED) is 0.837. The molecule has 2 nitrogen and oxygen atoms in total. The molecule has 0 radical (unpaired) electrons. The monoisotopic (exact) mass is 266 g/mol. The molecule has 0 amide bonds. The minimum absolute atomic E-state index is 0.0948. The summed E-state index contributed by atoms with van der Waals surface area (Å²) in [6, 6.07) is 8.88. The number of carbonyl (C=O) groups is 1. The Morgan fingerprint density at radius 2 is 1.53 bits per heavy atom. The second-order valence-corrected chi connectivity index (χ2v) is 3.97. The van der Waals surface area contributed by atoms with Gasteiger partial charge in [0.1, 0.15) is 5.75 Å². The van der Waals surface area contributed by atoms with Gasteiger partial charge in [-0.25, -0.2) is 0 Å². The van der Waals surface area contributed by atoms with Crippen molar-refractivity contribution in [1.29, 1.82) is 0 Å². The summed E-state index contributed by atoms with van der Waals surface area (Å²) in [6.07, 6.45) is -3.88. The van der Waals surface area contributed by atoms with E-state index in [2.05, 4.69) is 0 Å². The van der Waals surface area contributed by atoms with Crippen LogP contribution >= 0.6 is 0 Å². The van der Waals surface area contributed by atoms with Crippen LogP contribution < -0.4 is 0 Å². The van der Waals surface area contributed by atoms with E-state index >= 15 is 0 Å². The number of alkyl halides is 3. The van der Waals surface area contributed by atoms with E-state index < -0.39 is 11.7 Å². The first-order valence-electron chi connectivity index (χ1n) is 5.37. The average molecular weight is 266 g/mol. The van der Waals surface area contributed by atoms with Crippen molar-refractivity contribution in [1.82, 2.24) is 0 Å². The van der Waals surface area contributed by atoms with Crippen molar-refractivity contribution in [2.24, 2.45) is 0 Å². The Morgan fingerprint density at radius 3 is 2.05 bits per heavy atom. The zero-order valence-electron chi connectivity index (χ0n) is 9.61. The normalized spacial score (nSPS) is 11.3. The second-order valence-electron chi connectivity index (χ2n) is 3.97. The molecule has 0 saturated carbocycles. The summed E-state index contributed by atoms with van der Waals surface area (Å²) in [6.45, 7) is 0. The Labute approximate surface area is 107 Å². The van der Waals surface area contributed by atoms with Crippen LogP contribution in [0.15, 0.2) is 42.5 Å². The SMILES string of the molecule is O=Cc1cc(-c2ccc(C(F)(F)F)cc2)ccc1O. The molecule has 19 heavy (non-hydrogen) atoms. The molecule has 0 aliphatic rings. The van der Waals surface area contributed by atoms with Crippen molar-refractivity contribution in [2.45, 2.75) is 6.18 Å². The highest BCUT2D eigenvalue weighted by Gasteiger charge is 2.29. The molecule has 0 aliphatic heterocycles. The maximum Gasteiger partial charge on any atom is 0.416 e. The van der Waals surface area contributed by atoms with E-state index in [0.717, 1.165) is 12.1 Å². The molecule has 5 heteroatoms. The highest BCUT2D eigenvalue weighted by molar-refractivity contribution is 5.82. The van der Waals surface area contributed by atoms with Gasteiger partial charge in [-0.3, -0.25) is 4.79 Å². The minimum Gasteiger partial charge on any atom is -0.507 e. The lowest BCUT2D eigenvalue weighted by atomic mass is 10.0. The maximum atomic E-state index is 12.4. The Balaban J connectivity index is 2.40. The van der Waals surface area contributed by atoms with Gasteiger partial charge in [0.2, 0.25) is 0 Å². The van der Waals surface area contributed by atoms with Gasteiger partial charge >= 0.3 is 6.18 Å². The molecule has 0 unspecified atom stereocenters. The smallest absolute Gasteiger partial charge is 0.416 e. The third kappa shape index (κ3) is 2.76. The molecule has 2 aromatic carbocycles. The topological polar surface area (TPSA) is 37.3 Å². The summed E-state index contributed by atoms with van der Waals surface area (Å²) in [5.74, 6) is -0.161. The number of hydrogen-bond acceptors (Lipinski definition) is 2. The molecule has 0 atom stereocenters. The number of aromatic hydroxyl groups is 1. The third-order valence-corrected chi connectivity index (χ3v) is 2.70. The summed E-state index contributed by atoms with van der Waals surface area (Å²) in [5.41, 5.74) is 0.466. The number of rotatable bonds is 2. The van der Waals surface area contributed by atoms with Crippen molar-refractivity contribution in [3.63, 3.8) is 0 Å². The number of hydrogen-bond donors (Lipinski definition) is 1. The van der Waals surface area contributed by atoms with Crippen LogP contribution in [0, 0.1) is 0 Å². The highest BCUT2D eigenvalue weighted by Crippen LogP contribution is 2.31. The molecule has 98 valence electrons. The van der Waals surface area contributed by atoms with Crippen molar-refractivity contribution < 1.29 is 23.1 Å². The standard InChI is InChI=1S/C14H9F3O2/c15-14(16,17)12-4-1-9(2-5-12)10-3-6-13(19)11(7-10)8-18/h1-8,19H. The largest absolute Gasteiger partial charge is 0.507 e. The van der Waals surface area contributed by atoms with Crippen LogP contribution in [0.5, 0.6) is 5.75 Å². The zero-order chi connectivity index (χ0) is 14.0. The predicted octanol–water partition coefficient (Wildman–Crippen LogP) is 3.89. The lowest BCUT2D eigenvalue weighted by Gasteiger charge is -2.08. The van der Waals surface area contributed by atoms with Gasteiger partial charge in [0.15, 0.2) is 6.29 Å². The Kier molecular flexibility index (Phi) is 3.29. The number of carbonyl (C=O) groups excluding carboxylic acids is 1. The predicted molar refractivity (Wildman–Crippen MR) is 63.9 cm³/mol. The van der Waals surface area contributed by atoms with Crippen LogP contribution in [-0.4, -0.2) is 11.4 Å². The highest BCUT2D eigenvalue weighted by atomic mass is 19.4. The molecule has 1 N–H and O–H groups in total. The van der Waals surface area contributed by atoms with Crippen LogP contribution in [-0.2, 0) is 6.18 Å². The number of halogens is 3. The van der Waals surface area contributed by atoms with Gasteiger partial charge in [-0.15, -0.1) is 0 Å². The molecule has 0 spiro atoms. The molecule has 0 aliphatic carbocycles. The van der Waals surface area contributed by atoms with Gasteiger partial charge in [-0.05, 0) is 35.4 Å². The molecule has 0 bridgehead atoms. The van der Waals surface area contributed by atoms with Gasteiger partial charge < -0.3 is 5.11 Å². The van der Waals surface area contributed by atoms with Crippen molar-refractivity contribution >= 4 is 6.29 Å². The van der Waals surface area contributed by atoms with Gasteiger partial charge in [0.05, 0.1) is 11.1 Å². The van der Waals surface area contributed by atoms with E-state index in [-0.39, 0.29) is 11.3 Å². The van der Waals surface area contributed by atoms with Gasteiger partial charge in [-0.2, -0.15) is 13.2 Å². The zero-order valence-corrected chi connectivity index (χ0v) is 9.61. The van der Waals surface area contributed by atoms with E-state index in [1.165, 1.54) is 30.3 Å². The van der Waals surface area contributed by atoms with E-state index in [9.17, 15) is 23.1 Å². The van der Waals surface area contributed by atoms with E-state index in [0.29, 0.717) is 17.4 Å². The fourth-order valence-corrected chi connectivity index (χ4v) is 1.68. The molecule has 0 aromatic heterocycles. The molecule has 0 heterocycles. The van der Waals surface area contributed by atoms with Crippen molar-refractivity contribution in [3.05, 3.63) is 53.6 Å². The molecule has 0 saturated heterocycles. The number of benzene rings is 2. The molecule has 0 fully saturated rings. The Hall–Kier alpha value is -2.30. The van der Waals surface area contributed by atoms with Gasteiger partial charge in [0, 0.05) is 0 Å². The van der Waals surface area contributed by atoms with Crippen molar-refractivity contribution in [3.8, 4) is 16.9 Å². The van der Waals surface area contributed by atoms with Crippen LogP contribution in [0.4, 0.5) is 13.2 Å². The lowest BCUT2D eigenvalue weighted by Crippen LogP contribution is -2.03. The summed E-state index contributed by atoms with van der Waals surface area (Å²) >= 11 is 0. The lowest BCUT2D eigenvalue weighted by molar-refractivity contribution is -0.137. The Bertz CT molecular complexity index is 601. The summed E-state index contributed by atoms with van der Waals surface area (Å²) in [7, 11) is 0. The fourth-order valence-electron chi connectivity index (χ4n) is 1.68. The van der Waals surface area contributed by atoms with E-state index in [4.69, 9.17) is 0 Å². The molecule has 2 rings (SSSR count). The third-order valence-electron chi connectivity index (χ3n) is 2.70. The van der Waals surface area contributed by atoms with Crippen LogP contribution in [0.1, 0.15) is 15.9 Å². The first-order valence-corrected chi connectivity index (χ1v) is 5.37. The number of phenols is 1. The van der Waals surface area contributed by atoms with E-state index in [1.807, 2.05) is 0 Å². The van der Waals surface area contributed by atoms with Gasteiger partial charge in [0.25, 0.3) is 0 Å². The fraction of sp³-hybridized carbons (Fsp3) is 0.0714. The maximum absolute atomic E-state index is 12.4. The van der Waals surface area contributed by atoms with Crippen LogP contribution in [0.25, 0.3) is 11.1 Å². The van der Waals surface area contributed by atoms with Gasteiger partial charge in [-0.1, -0.05) is 18.2 Å². The first kappa shape index (κ1) is 13.1. The first-order chi connectivity index (χ1) is 8.91. The molecule has 2 aromatic rings. The number of aldehydes is 1. The summed E-state index contributed by atoms with van der Waals surface area (Å²) < 4.78 is 37.2. The summed E-state index contributed by atoms with van der Waals surface area (Å²) in [5, 5.41) is 9.35. The van der Waals surface area contributed by atoms with Crippen molar-refractivity contribution in [2.75, 3.05) is 0 Å². The van der Waals surface area contributed by atoms with Crippen LogP contribution in [0.2, 0.25) is 0 Å². The summed E-state index contributed by atoms with van der Waals surface area (Å²) in [4.78, 5) is 10.7.